The van der Waals surface area contributed by atoms with Gasteiger partial charge in [-0.2, -0.15) is 0 Å². The first kappa shape index (κ1) is 32.6. The van der Waals surface area contributed by atoms with Gasteiger partial charge in [-0.15, -0.1) is 0 Å². The van der Waals surface area contributed by atoms with E-state index in [1.54, 1.807) is 6.07 Å². The lowest BCUT2D eigenvalue weighted by Gasteiger charge is -2.27. The zero-order valence-corrected chi connectivity index (χ0v) is 26.3. The second kappa shape index (κ2) is 15.4. The summed E-state index contributed by atoms with van der Waals surface area (Å²) in [6.45, 7) is 15.7. The van der Waals surface area contributed by atoms with E-state index in [-0.39, 0.29) is 26.4 Å². The lowest BCUT2D eigenvalue weighted by Crippen LogP contribution is -2.11. The van der Waals surface area contributed by atoms with Crippen LogP contribution in [-0.4, -0.2) is 38.4 Å². The van der Waals surface area contributed by atoms with Crippen molar-refractivity contribution in [2.45, 2.75) is 27.7 Å². The molecule has 0 unspecified atom stereocenters. The Morgan fingerprint density at radius 1 is 0.556 bits per heavy atom. The maximum atomic E-state index is 11.4. The molecule has 0 fully saturated rings. The van der Waals surface area contributed by atoms with Crippen molar-refractivity contribution in [3.05, 3.63) is 126 Å². The maximum absolute atomic E-state index is 11.4. The molecular formula is C38H39NO6. The van der Waals surface area contributed by atoms with E-state index in [2.05, 4.69) is 106 Å². The molecule has 0 atom stereocenters. The summed E-state index contributed by atoms with van der Waals surface area (Å²) in [5.41, 5.74) is 9.92. The second-order valence-electron chi connectivity index (χ2n) is 10.6. The number of rotatable bonds is 14. The van der Waals surface area contributed by atoms with E-state index in [9.17, 15) is 9.59 Å². The van der Waals surface area contributed by atoms with Crippen LogP contribution in [0.3, 0.4) is 0 Å². The predicted octanol–water partition coefficient (Wildman–Crippen LogP) is 8.27. The monoisotopic (exact) mass is 605 g/mol. The maximum Gasteiger partial charge on any atom is 0.330 e. The summed E-state index contributed by atoms with van der Waals surface area (Å²) in [6.07, 6.45) is 2.22. The third kappa shape index (κ3) is 8.86. The molecule has 0 saturated carbocycles. The number of esters is 2. The summed E-state index contributed by atoms with van der Waals surface area (Å²) in [7, 11) is 0. The van der Waals surface area contributed by atoms with E-state index in [1.165, 1.54) is 22.3 Å². The number of aryl methyl sites for hydroxylation is 4. The van der Waals surface area contributed by atoms with Gasteiger partial charge in [-0.05, 0) is 110 Å². The fourth-order valence-electron chi connectivity index (χ4n) is 4.61. The van der Waals surface area contributed by atoms with Crippen LogP contribution in [0, 0.1) is 27.7 Å². The highest BCUT2D eigenvalue weighted by Gasteiger charge is 2.15. The van der Waals surface area contributed by atoms with Crippen molar-refractivity contribution in [3.63, 3.8) is 0 Å². The highest BCUT2D eigenvalue weighted by atomic mass is 16.6. The molecule has 7 nitrogen and oxygen atoms in total. The average Bonchev–Trinajstić information content (AvgIpc) is 3.04. The van der Waals surface area contributed by atoms with E-state index in [0.29, 0.717) is 11.5 Å². The van der Waals surface area contributed by atoms with E-state index >= 15 is 0 Å². The third-order valence-electron chi connectivity index (χ3n) is 7.36. The molecule has 0 bridgehead atoms. The van der Waals surface area contributed by atoms with Crippen molar-refractivity contribution < 1.29 is 28.5 Å². The fourth-order valence-corrected chi connectivity index (χ4v) is 4.61. The molecule has 0 aliphatic heterocycles. The van der Waals surface area contributed by atoms with Crippen LogP contribution in [0.15, 0.2) is 104 Å². The lowest BCUT2D eigenvalue weighted by atomic mass is 10.0. The zero-order valence-electron chi connectivity index (χ0n) is 26.3. The van der Waals surface area contributed by atoms with Gasteiger partial charge in [0, 0.05) is 35.3 Å². The van der Waals surface area contributed by atoms with Gasteiger partial charge < -0.3 is 23.8 Å². The Labute approximate surface area is 265 Å². The predicted molar refractivity (Wildman–Crippen MR) is 179 cm³/mol. The number of hydrogen-bond acceptors (Lipinski definition) is 7. The Hall–Kier alpha value is -5.30. The molecule has 4 aromatic carbocycles. The quantitative estimate of drug-likeness (QED) is 0.0814. The Morgan fingerprint density at radius 2 is 1.00 bits per heavy atom. The molecule has 7 heteroatoms. The van der Waals surface area contributed by atoms with Crippen molar-refractivity contribution in [1.29, 1.82) is 0 Å². The van der Waals surface area contributed by atoms with Crippen molar-refractivity contribution in [3.8, 4) is 22.6 Å². The summed E-state index contributed by atoms with van der Waals surface area (Å²) in [6, 6.07) is 26.9. The highest BCUT2D eigenvalue weighted by molar-refractivity contribution is 5.82. The van der Waals surface area contributed by atoms with Crippen molar-refractivity contribution in [1.82, 2.24) is 0 Å². The van der Waals surface area contributed by atoms with Gasteiger partial charge in [0.2, 0.25) is 0 Å². The van der Waals surface area contributed by atoms with Crippen LogP contribution in [0.5, 0.6) is 11.5 Å². The van der Waals surface area contributed by atoms with E-state index in [0.717, 1.165) is 40.3 Å². The molecule has 45 heavy (non-hydrogen) atoms. The topological polar surface area (TPSA) is 74.3 Å². The smallest absolute Gasteiger partial charge is 0.330 e. The number of hydrogen-bond donors (Lipinski definition) is 0. The van der Waals surface area contributed by atoms with Crippen LogP contribution < -0.4 is 14.4 Å². The minimum Gasteiger partial charge on any atom is -0.490 e. The Balaban J connectivity index is 1.64. The van der Waals surface area contributed by atoms with E-state index < -0.39 is 11.9 Å². The number of anilines is 3. The molecule has 0 N–H and O–H groups in total. The SMILES string of the molecule is C=CC(=O)OCCOc1cc(OCCOC(=O)C=C)cc(-c2ccc(N(c3ccc(C)c(C)c3)c3ccc(C)c(C)c3)cc2)c1. The van der Waals surface area contributed by atoms with Gasteiger partial charge in [-0.1, -0.05) is 37.4 Å². The van der Waals surface area contributed by atoms with E-state index in [4.69, 9.17) is 18.9 Å². The standard InChI is InChI=1S/C38H39NO6/c1-7-37(40)44-19-17-42-35-23-31(24-36(25-35)43-18-20-45-38(41)8-2)30-11-15-32(16-12-30)39(33-13-9-26(3)28(5)21-33)34-14-10-27(4)29(6)22-34/h7-16,21-25H,1-2,17-20H2,3-6H3. The van der Waals surface area contributed by atoms with Crippen LogP contribution in [0.4, 0.5) is 17.1 Å². The van der Waals surface area contributed by atoms with Gasteiger partial charge in [-0.25, -0.2) is 9.59 Å². The molecule has 4 rings (SSSR count). The van der Waals surface area contributed by atoms with Crippen molar-refractivity contribution in [2.75, 3.05) is 31.3 Å². The summed E-state index contributed by atoms with van der Waals surface area (Å²) >= 11 is 0. The number of carbonyl (C=O) groups excluding carboxylic acids is 2. The van der Waals surface area contributed by atoms with Crippen LogP contribution in [0.25, 0.3) is 11.1 Å². The van der Waals surface area contributed by atoms with Gasteiger partial charge >= 0.3 is 11.9 Å². The molecule has 4 aromatic rings. The van der Waals surface area contributed by atoms with Crippen LogP contribution >= 0.6 is 0 Å². The second-order valence-corrected chi connectivity index (χ2v) is 10.6. The van der Waals surface area contributed by atoms with Crippen LogP contribution in [0.1, 0.15) is 22.3 Å². The molecule has 0 heterocycles. The summed E-state index contributed by atoms with van der Waals surface area (Å²) in [5, 5.41) is 0. The van der Waals surface area contributed by atoms with Gasteiger partial charge in [0.05, 0.1) is 0 Å². The minimum absolute atomic E-state index is 0.0737. The molecule has 232 valence electrons. The van der Waals surface area contributed by atoms with E-state index in [1.807, 2.05) is 12.1 Å². The molecule has 0 radical (unpaired) electrons. The molecule has 0 amide bonds. The Bertz CT molecular complexity index is 1580. The highest BCUT2D eigenvalue weighted by Crippen LogP contribution is 2.38. The third-order valence-corrected chi connectivity index (χ3v) is 7.36. The molecule has 0 aromatic heterocycles. The molecule has 0 spiro atoms. The number of carbonyl (C=O) groups is 2. The minimum atomic E-state index is -0.513. The summed E-state index contributed by atoms with van der Waals surface area (Å²) in [4.78, 5) is 25.0. The van der Waals surface area contributed by atoms with Crippen molar-refractivity contribution >= 4 is 29.0 Å². The first-order valence-corrected chi connectivity index (χ1v) is 14.7. The average molecular weight is 606 g/mol. The number of ether oxygens (including phenoxy) is 4. The first-order valence-electron chi connectivity index (χ1n) is 14.7. The summed E-state index contributed by atoms with van der Waals surface area (Å²) < 4.78 is 21.8. The summed E-state index contributed by atoms with van der Waals surface area (Å²) in [5.74, 6) is 0.0507. The molecule has 0 aliphatic carbocycles. The molecule has 0 aliphatic rings. The molecular weight excluding hydrogens is 566 g/mol. The van der Waals surface area contributed by atoms with Gasteiger partial charge in [0.25, 0.3) is 0 Å². The number of nitrogens with zero attached hydrogens (tertiary/aromatic N) is 1. The van der Waals surface area contributed by atoms with Gasteiger partial charge in [0.1, 0.15) is 37.9 Å². The number of benzene rings is 4. The van der Waals surface area contributed by atoms with Crippen LogP contribution in [-0.2, 0) is 19.1 Å². The lowest BCUT2D eigenvalue weighted by molar-refractivity contribution is -0.139. The molecule has 0 saturated heterocycles. The zero-order chi connectivity index (χ0) is 32.3. The van der Waals surface area contributed by atoms with Gasteiger partial charge in [0.15, 0.2) is 0 Å². The fraction of sp³-hybridized carbons (Fsp3) is 0.211. The van der Waals surface area contributed by atoms with Gasteiger partial charge in [-0.3, -0.25) is 0 Å². The largest absolute Gasteiger partial charge is 0.490 e. The Morgan fingerprint density at radius 3 is 1.42 bits per heavy atom. The normalized spacial score (nSPS) is 10.5. The Kier molecular flexibility index (Phi) is 11.2. The van der Waals surface area contributed by atoms with Crippen molar-refractivity contribution in [2.24, 2.45) is 0 Å². The first-order chi connectivity index (χ1) is 21.7. The van der Waals surface area contributed by atoms with Crippen LogP contribution in [0.2, 0.25) is 0 Å².